The van der Waals surface area contributed by atoms with E-state index in [4.69, 9.17) is 4.84 Å². The second-order valence-electron chi connectivity index (χ2n) is 4.18. The molecule has 2 heterocycles. The van der Waals surface area contributed by atoms with E-state index in [-0.39, 0.29) is 0 Å². The minimum absolute atomic E-state index is 0.426. The zero-order valence-electron chi connectivity index (χ0n) is 10.2. The summed E-state index contributed by atoms with van der Waals surface area (Å²) in [5.74, 6) is 0. The van der Waals surface area contributed by atoms with Gasteiger partial charge in [-0.15, -0.1) is 11.8 Å². The summed E-state index contributed by atoms with van der Waals surface area (Å²) in [6, 6.07) is 7.95. The first kappa shape index (κ1) is 12.3. The minimum atomic E-state index is -0.710. The summed E-state index contributed by atoms with van der Waals surface area (Å²) in [6.45, 7) is 0.589. The number of hydrogen-bond donors (Lipinski definition) is 1. The molecule has 2 aliphatic heterocycles. The molecule has 0 aromatic heterocycles. The van der Waals surface area contributed by atoms with Gasteiger partial charge in [0.2, 0.25) is 0 Å². The fourth-order valence-electron chi connectivity index (χ4n) is 2.47. The van der Waals surface area contributed by atoms with Gasteiger partial charge in [0.15, 0.2) is 6.23 Å². The average molecular weight is 282 g/mol. The Hall–Kier alpha value is -0.690. The minimum Gasteiger partial charge on any atom is -0.370 e. The van der Waals surface area contributed by atoms with Crippen LogP contribution in [0.15, 0.2) is 29.3 Å². The Labute approximate surface area is 114 Å². The number of fused-ring (bicyclic) bond motifs is 2. The van der Waals surface area contributed by atoms with Gasteiger partial charge >= 0.3 is 0 Å². The molecular formula is C12H14N2O2S2. The topological polar surface area (TPSA) is 45.1 Å². The lowest BCUT2D eigenvalue weighted by atomic mass is 9.99. The highest BCUT2D eigenvalue weighted by molar-refractivity contribution is 8.39. The zero-order valence-corrected chi connectivity index (χ0v) is 11.8. The molecule has 0 bridgehead atoms. The van der Waals surface area contributed by atoms with Crippen molar-refractivity contribution in [3.05, 3.63) is 29.8 Å². The van der Waals surface area contributed by atoms with Crippen LogP contribution in [0.2, 0.25) is 0 Å². The van der Waals surface area contributed by atoms with Gasteiger partial charge in [0, 0.05) is 5.56 Å². The molecule has 96 valence electrons. The number of aliphatic imine (C=N–C) groups is 1. The van der Waals surface area contributed by atoms with Gasteiger partial charge in [0.05, 0.1) is 19.3 Å². The van der Waals surface area contributed by atoms with Crippen LogP contribution >= 0.6 is 23.5 Å². The Morgan fingerprint density at radius 3 is 3.00 bits per heavy atom. The number of hydrogen-bond acceptors (Lipinski definition) is 6. The molecule has 2 aliphatic rings. The predicted molar refractivity (Wildman–Crippen MR) is 77.0 cm³/mol. The predicted octanol–water partition coefficient (Wildman–Crippen LogP) is 2.05. The maximum Gasteiger partial charge on any atom is 0.172 e. The normalized spacial score (nSPS) is 29.8. The zero-order chi connectivity index (χ0) is 12.8. The molecule has 4 nitrogen and oxygen atoms in total. The Balaban J connectivity index is 2.07. The fourth-order valence-corrected chi connectivity index (χ4v) is 4.49. The van der Waals surface area contributed by atoms with Gasteiger partial charge in [-0.1, -0.05) is 30.0 Å². The van der Waals surface area contributed by atoms with Crippen molar-refractivity contribution in [2.75, 3.05) is 25.0 Å². The number of aliphatic hydroxyl groups is 1. The maximum atomic E-state index is 10.6. The van der Waals surface area contributed by atoms with Crippen molar-refractivity contribution >= 4 is 33.6 Å². The molecule has 0 fully saturated rings. The van der Waals surface area contributed by atoms with Crippen molar-refractivity contribution in [2.24, 2.45) is 4.99 Å². The quantitative estimate of drug-likeness (QED) is 0.854. The van der Waals surface area contributed by atoms with E-state index in [1.165, 1.54) is 0 Å². The van der Waals surface area contributed by atoms with Crippen LogP contribution in [0.1, 0.15) is 5.56 Å². The molecule has 6 heteroatoms. The first-order valence-electron chi connectivity index (χ1n) is 5.61. The van der Waals surface area contributed by atoms with Gasteiger partial charge in [0.1, 0.15) is 9.12 Å². The van der Waals surface area contributed by atoms with E-state index in [2.05, 4.69) is 4.99 Å². The smallest absolute Gasteiger partial charge is 0.172 e. The highest BCUT2D eigenvalue weighted by Crippen LogP contribution is 2.55. The van der Waals surface area contributed by atoms with Crippen molar-refractivity contribution in [1.82, 2.24) is 0 Å². The van der Waals surface area contributed by atoms with Crippen molar-refractivity contribution in [3.8, 4) is 0 Å². The SMILES string of the molecule is CON1c2ccccc2[C@@]2(CN=C(SC)S2)[C@H]1O. The van der Waals surface area contributed by atoms with Gasteiger partial charge in [-0.3, -0.25) is 9.83 Å². The van der Waals surface area contributed by atoms with Gasteiger partial charge in [-0.05, 0) is 12.3 Å². The first-order chi connectivity index (χ1) is 8.73. The molecule has 0 aliphatic carbocycles. The Morgan fingerprint density at radius 2 is 2.33 bits per heavy atom. The Morgan fingerprint density at radius 1 is 1.56 bits per heavy atom. The van der Waals surface area contributed by atoms with E-state index in [1.807, 2.05) is 30.5 Å². The second-order valence-corrected chi connectivity index (χ2v) is 6.55. The molecule has 0 unspecified atom stereocenters. The summed E-state index contributed by atoms with van der Waals surface area (Å²) < 4.78 is 0.590. The number of thioether (sulfide) groups is 2. The number of benzene rings is 1. The lowest BCUT2D eigenvalue weighted by Crippen LogP contribution is -2.43. The number of anilines is 1. The van der Waals surface area contributed by atoms with Crippen molar-refractivity contribution < 1.29 is 9.94 Å². The summed E-state index contributed by atoms with van der Waals surface area (Å²) in [4.78, 5) is 9.83. The summed E-state index contributed by atoms with van der Waals surface area (Å²) in [7, 11) is 1.58. The standard InChI is InChI=1S/C12H14N2O2S2/c1-16-14-9-6-4-3-5-8(9)12(10(14)15)7-13-11(17-2)18-12/h3-6,10,15H,7H2,1-2H3/t10-,12+/m1/s1. The Bertz CT molecular complexity index is 509. The summed E-state index contributed by atoms with van der Waals surface area (Å²) >= 11 is 3.25. The molecule has 3 rings (SSSR count). The van der Waals surface area contributed by atoms with E-state index in [1.54, 1.807) is 35.7 Å². The molecular weight excluding hydrogens is 268 g/mol. The van der Waals surface area contributed by atoms with E-state index in [9.17, 15) is 5.11 Å². The van der Waals surface area contributed by atoms with Crippen LogP contribution in [-0.2, 0) is 9.58 Å². The number of rotatable bonds is 1. The molecule has 1 aromatic carbocycles. The third-order valence-corrected chi connectivity index (χ3v) is 5.78. The van der Waals surface area contributed by atoms with Gasteiger partial charge in [-0.25, -0.2) is 5.06 Å². The second kappa shape index (κ2) is 4.45. The van der Waals surface area contributed by atoms with Crippen molar-refractivity contribution in [2.45, 2.75) is 11.0 Å². The van der Waals surface area contributed by atoms with Crippen molar-refractivity contribution in [1.29, 1.82) is 0 Å². The van der Waals surface area contributed by atoms with Crippen LogP contribution in [0.3, 0.4) is 0 Å². The van der Waals surface area contributed by atoms with Gasteiger partial charge < -0.3 is 5.11 Å². The fraction of sp³-hybridized carbons (Fsp3) is 0.417. The largest absolute Gasteiger partial charge is 0.370 e. The van der Waals surface area contributed by atoms with Crippen molar-refractivity contribution in [3.63, 3.8) is 0 Å². The number of aliphatic hydroxyl groups excluding tert-OH is 1. The monoisotopic (exact) mass is 282 g/mol. The molecule has 1 spiro atoms. The van der Waals surface area contributed by atoms with E-state index >= 15 is 0 Å². The third-order valence-electron chi connectivity index (χ3n) is 3.32. The van der Waals surface area contributed by atoms with Gasteiger partial charge in [0.25, 0.3) is 0 Å². The van der Waals surface area contributed by atoms with Crippen LogP contribution in [0, 0.1) is 0 Å². The van der Waals surface area contributed by atoms with E-state index < -0.39 is 11.0 Å². The van der Waals surface area contributed by atoms with Crippen LogP contribution < -0.4 is 5.06 Å². The number of para-hydroxylation sites is 1. The van der Waals surface area contributed by atoms with Crippen LogP contribution in [-0.4, -0.2) is 35.6 Å². The number of nitrogens with zero attached hydrogens (tertiary/aromatic N) is 2. The highest BCUT2D eigenvalue weighted by Gasteiger charge is 2.54. The number of hydroxylamine groups is 1. The maximum absolute atomic E-state index is 10.6. The molecule has 0 amide bonds. The third kappa shape index (κ3) is 1.53. The molecule has 2 atom stereocenters. The van der Waals surface area contributed by atoms with Gasteiger partial charge in [-0.2, -0.15) is 0 Å². The van der Waals surface area contributed by atoms with E-state index in [0.717, 1.165) is 15.6 Å². The first-order valence-corrected chi connectivity index (χ1v) is 7.65. The van der Waals surface area contributed by atoms with E-state index in [0.29, 0.717) is 6.54 Å². The molecule has 1 N–H and O–H groups in total. The molecule has 1 aromatic rings. The van der Waals surface area contributed by atoms with Crippen LogP contribution in [0.4, 0.5) is 5.69 Å². The van der Waals surface area contributed by atoms with Crippen LogP contribution in [0.25, 0.3) is 0 Å². The van der Waals surface area contributed by atoms with Crippen LogP contribution in [0.5, 0.6) is 0 Å². The highest BCUT2D eigenvalue weighted by atomic mass is 32.2. The summed E-state index contributed by atoms with van der Waals surface area (Å²) in [5, 5.41) is 12.1. The molecule has 0 saturated carbocycles. The lowest BCUT2D eigenvalue weighted by Gasteiger charge is -2.29. The molecule has 0 radical (unpaired) electrons. The Kier molecular flexibility index (Phi) is 3.05. The molecule has 18 heavy (non-hydrogen) atoms. The lowest BCUT2D eigenvalue weighted by molar-refractivity contribution is 0.0252. The average Bonchev–Trinajstić information content (AvgIpc) is 2.94. The summed E-state index contributed by atoms with van der Waals surface area (Å²) in [5.41, 5.74) is 2.02. The summed E-state index contributed by atoms with van der Waals surface area (Å²) in [6.07, 6.45) is 1.30. The molecule has 0 saturated heterocycles.